The third-order valence-electron chi connectivity index (χ3n) is 4.37. The summed E-state index contributed by atoms with van der Waals surface area (Å²) in [4.78, 5) is 25.8. The van der Waals surface area contributed by atoms with E-state index in [0.717, 1.165) is 37.1 Å². The molecule has 1 aliphatic rings. The number of anilines is 1. The lowest BCUT2D eigenvalue weighted by Crippen LogP contribution is -2.42. The highest BCUT2D eigenvalue weighted by molar-refractivity contribution is 5.99. The van der Waals surface area contributed by atoms with Gasteiger partial charge in [-0.1, -0.05) is 26.0 Å². The first-order chi connectivity index (χ1) is 11.8. The lowest BCUT2D eigenvalue weighted by atomic mass is 10.0. The molecule has 0 aromatic heterocycles. The van der Waals surface area contributed by atoms with Gasteiger partial charge in [0.2, 0.25) is 11.8 Å². The van der Waals surface area contributed by atoms with Gasteiger partial charge >= 0.3 is 0 Å². The minimum absolute atomic E-state index is 0.0589. The highest BCUT2D eigenvalue weighted by Gasteiger charge is 2.18. The molecular formula is C20H31N3O2. The molecule has 2 rings (SSSR count). The summed E-state index contributed by atoms with van der Waals surface area (Å²) in [5, 5.41) is 6.02. The van der Waals surface area contributed by atoms with Gasteiger partial charge in [0.25, 0.3) is 0 Å². The van der Waals surface area contributed by atoms with Crippen LogP contribution < -0.4 is 10.6 Å². The van der Waals surface area contributed by atoms with Gasteiger partial charge in [-0.25, -0.2) is 0 Å². The molecule has 1 atom stereocenters. The minimum atomic E-state index is 0.0589. The topological polar surface area (TPSA) is 61.4 Å². The number of rotatable bonds is 9. The van der Waals surface area contributed by atoms with E-state index in [-0.39, 0.29) is 17.9 Å². The number of benzene rings is 1. The molecule has 2 amide bonds. The number of amides is 2. The van der Waals surface area contributed by atoms with Crippen LogP contribution in [-0.4, -0.2) is 43.4 Å². The van der Waals surface area contributed by atoms with Crippen LogP contribution >= 0.6 is 0 Å². The average Bonchev–Trinajstić information content (AvgIpc) is 2.85. The summed E-state index contributed by atoms with van der Waals surface area (Å²) >= 11 is 0. The quantitative estimate of drug-likeness (QED) is 0.723. The van der Waals surface area contributed by atoms with Crippen LogP contribution in [0.3, 0.4) is 0 Å². The number of fused-ring (bicyclic) bond motifs is 1. The van der Waals surface area contributed by atoms with E-state index in [4.69, 9.17) is 0 Å². The average molecular weight is 345 g/mol. The lowest BCUT2D eigenvalue weighted by molar-refractivity contribution is -0.122. The number of likely N-dealkylation sites (N-methyl/N-ethyl adjacent to an activating group) is 1. The van der Waals surface area contributed by atoms with Gasteiger partial charge < -0.3 is 15.5 Å². The predicted molar refractivity (Wildman–Crippen MR) is 102 cm³/mol. The molecule has 0 bridgehead atoms. The molecule has 138 valence electrons. The molecule has 0 saturated heterocycles. The maximum Gasteiger partial charge on any atom is 0.228 e. The van der Waals surface area contributed by atoms with Crippen LogP contribution in [0.25, 0.3) is 0 Å². The van der Waals surface area contributed by atoms with E-state index in [1.807, 2.05) is 26.2 Å². The summed E-state index contributed by atoms with van der Waals surface area (Å²) in [6, 6.07) is 6.29. The normalized spacial score (nSPS) is 14.6. The number of carbonyl (C=O) groups is 2. The van der Waals surface area contributed by atoms with Gasteiger partial charge in [0, 0.05) is 24.7 Å². The Kier molecular flexibility index (Phi) is 7.00. The molecule has 25 heavy (non-hydrogen) atoms. The Labute approximate surface area is 151 Å². The van der Waals surface area contributed by atoms with Crippen LogP contribution in [-0.2, 0) is 22.4 Å². The van der Waals surface area contributed by atoms with Gasteiger partial charge in [0.1, 0.15) is 0 Å². The maximum absolute atomic E-state index is 12.3. The number of carbonyl (C=O) groups excluding carboxylic acids is 2. The van der Waals surface area contributed by atoms with Crippen molar-refractivity contribution in [1.29, 1.82) is 0 Å². The zero-order valence-corrected chi connectivity index (χ0v) is 15.9. The van der Waals surface area contributed by atoms with Crippen molar-refractivity contribution in [2.75, 3.05) is 26.0 Å². The number of aryl methyl sites for hydroxylation is 1. The van der Waals surface area contributed by atoms with Gasteiger partial charge in [-0.05, 0) is 56.5 Å². The van der Waals surface area contributed by atoms with E-state index in [2.05, 4.69) is 35.4 Å². The van der Waals surface area contributed by atoms with Crippen LogP contribution in [0.1, 0.15) is 44.2 Å². The van der Waals surface area contributed by atoms with Crippen LogP contribution in [0, 0.1) is 5.92 Å². The standard InChI is InChI=1S/C20H31N3O2/c1-14(2)10-17(13-23(3)4)21-19(24)7-5-6-15-8-9-18-16(11-15)12-20(25)22-18/h8-9,11,14,17H,5-7,10,12-13H2,1-4H3,(H,21,24)(H,22,25). The fraction of sp³-hybridized carbons (Fsp3) is 0.600. The molecule has 1 aliphatic heterocycles. The Morgan fingerprint density at radius 2 is 2.08 bits per heavy atom. The molecule has 0 aliphatic carbocycles. The van der Waals surface area contributed by atoms with E-state index in [1.165, 1.54) is 5.56 Å². The summed E-state index contributed by atoms with van der Waals surface area (Å²) in [6.07, 6.45) is 3.68. The second kappa shape index (κ2) is 8.99. The van der Waals surface area contributed by atoms with E-state index in [1.54, 1.807) is 0 Å². The lowest BCUT2D eigenvalue weighted by Gasteiger charge is -2.24. The Hall–Kier alpha value is -1.88. The molecule has 1 heterocycles. The molecule has 0 fully saturated rings. The second-order valence-electron chi connectivity index (χ2n) is 7.73. The monoisotopic (exact) mass is 345 g/mol. The van der Waals surface area contributed by atoms with Crippen molar-refractivity contribution in [3.8, 4) is 0 Å². The SMILES string of the molecule is CC(C)CC(CN(C)C)NC(=O)CCCc1ccc2c(c1)CC(=O)N2. The van der Waals surface area contributed by atoms with Gasteiger partial charge in [0.05, 0.1) is 6.42 Å². The summed E-state index contributed by atoms with van der Waals surface area (Å²) in [7, 11) is 4.07. The van der Waals surface area contributed by atoms with Crippen molar-refractivity contribution in [2.45, 2.75) is 52.0 Å². The van der Waals surface area contributed by atoms with E-state index < -0.39 is 0 Å². The minimum Gasteiger partial charge on any atom is -0.352 e. The van der Waals surface area contributed by atoms with Crippen molar-refractivity contribution in [2.24, 2.45) is 5.92 Å². The first-order valence-electron chi connectivity index (χ1n) is 9.19. The zero-order chi connectivity index (χ0) is 18.4. The van der Waals surface area contributed by atoms with Crippen LogP contribution in [0.2, 0.25) is 0 Å². The third-order valence-corrected chi connectivity index (χ3v) is 4.37. The highest BCUT2D eigenvalue weighted by atomic mass is 16.2. The van der Waals surface area contributed by atoms with Crippen LogP contribution in [0.4, 0.5) is 5.69 Å². The fourth-order valence-electron chi connectivity index (χ4n) is 3.38. The first-order valence-corrected chi connectivity index (χ1v) is 9.19. The number of nitrogens with zero attached hydrogens (tertiary/aromatic N) is 1. The molecule has 1 unspecified atom stereocenters. The largest absolute Gasteiger partial charge is 0.352 e. The van der Waals surface area contributed by atoms with Crippen LogP contribution in [0.5, 0.6) is 0 Å². The molecule has 5 heteroatoms. The number of nitrogens with one attached hydrogen (secondary N) is 2. The van der Waals surface area contributed by atoms with Crippen molar-refractivity contribution in [1.82, 2.24) is 10.2 Å². The van der Waals surface area contributed by atoms with Crippen LogP contribution in [0.15, 0.2) is 18.2 Å². The Morgan fingerprint density at radius 3 is 2.76 bits per heavy atom. The molecule has 2 N–H and O–H groups in total. The summed E-state index contributed by atoms with van der Waals surface area (Å²) in [5.41, 5.74) is 3.18. The Bertz CT molecular complexity index is 601. The summed E-state index contributed by atoms with van der Waals surface area (Å²) in [6.45, 7) is 5.24. The van der Waals surface area contributed by atoms with Gasteiger partial charge in [0.15, 0.2) is 0 Å². The second-order valence-corrected chi connectivity index (χ2v) is 7.73. The zero-order valence-electron chi connectivity index (χ0n) is 15.9. The highest BCUT2D eigenvalue weighted by Crippen LogP contribution is 2.24. The molecule has 5 nitrogen and oxygen atoms in total. The molecule has 0 saturated carbocycles. The maximum atomic E-state index is 12.3. The van der Waals surface area contributed by atoms with E-state index >= 15 is 0 Å². The van der Waals surface area contributed by atoms with Gasteiger partial charge in [-0.15, -0.1) is 0 Å². The van der Waals surface area contributed by atoms with Crippen molar-refractivity contribution < 1.29 is 9.59 Å². The molecule has 0 radical (unpaired) electrons. The molecule has 1 aromatic carbocycles. The van der Waals surface area contributed by atoms with E-state index in [0.29, 0.717) is 18.8 Å². The summed E-state index contributed by atoms with van der Waals surface area (Å²) in [5.74, 6) is 0.752. The number of hydrogen-bond acceptors (Lipinski definition) is 3. The van der Waals surface area contributed by atoms with E-state index in [9.17, 15) is 9.59 Å². The number of hydrogen-bond donors (Lipinski definition) is 2. The van der Waals surface area contributed by atoms with Crippen molar-refractivity contribution in [3.63, 3.8) is 0 Å². The molecule has 0 spiro atoms. The Morgan fingerprint density at radius 1 is 1.32 bits per heavy atom. The molecule has 1 aromatic rings. The smallest absolute Gasteiger partial charge is 0.228 e. The predicted octanol–water partition coefficient (Wildman–Crippen LogP) is 2.60. The third kappa shape index (κ3) is 6.50. The molecular weight excluding hydrogens is 314 g/mol. The first kappa shape index (κ1) is 19.4. The Balaban J connectivity index is 1.77. The van der Waals surface area contributed by atoms with Gasteiger partial charge in [-0.3, -0.25) is 9.59 Å². The fourth-order valence-corrected chi connectivity index (χ4v) is 3.38. The summed E-state index contributed by atoms with van der Waals surface area (Å²) < 4.78 is 0. The van der Waals surface area contributed by atoms with Crippen molar-refractivity contribution >= 4 is 17.5 Å². The van der Waals surface area contributed by atoms with Crippen molar-refractivity contribution in [3.05, 3.63) is 29.3 Å². The van der Waals surface area contributed by atoms with Gasteiger partial charge in [-0.2, -0.15) is 0 Å².